The van der Waals surface area contributed by atoms with Gasteiger partial charge in [0.15, 0.2) is 0 Å². The summed E-state index contributed by atoms with van der Waals surface area (Å²) in [4.78, 5) is 4.33. The number of aromatic nitrogens is 1. The summed E-state index contributed by atoms with van der Waals surface area (Å²) >= 11 is 0. The number of rotatable bonds is 4. The summed E-state index contributed by atoms with van der Waals surface area (Å²) in [5, 5.41) is 1.01. The Kier molecular flexibility index (Phi) is 3.50. The Balaban J connectivity index is 1.81. The number of nitrogens with zero attached hydrogens (tertiary/aromatic N) is 1. The molecule has 0 amide bonds. The third-order valence-electron chi connectivity index (χ3n) is 3.11. The molecule has 0 radical (unpaired) electrons. The molecule has 0 saturated carbocycles. The number of pyridine rings is 1. The zero-order chi connectivity index (χ0) is 13.8. The molecule has 0 spiro atoms. The first-order valence-corrected chi connectivity index (χ1v) is 6.46. The molecule has 3 heteroatoms. The molecule has 0 bridgehead atoms. The molecule has 1 heterocycles. The van der Waals surface area contributed by atoms with Gasteiger partial charge in [-0.25, -0.2) is 0 Å². The topological polar surface area (TPSA) is 31.4 Å². The van der Waals surface area contributed by atoms with E-state index in [1.54, 1.807) is 13.3 Å². The number of benzene rings is 2. The van der Waals surface area contributed by atoms with Crippen LogP contribution in [0.25, 0.3) is 10.9 Å². The van der Waals surface area contributed by atoms with Gasteiger partial charge in [-0.1, -0.05) is 30.3 Å². The van der Waals surface area contributed by atoms with E-state index in [0.29, 0.717) is 6.61 Å². The molecule has 3 rings (SSSR count). The third kappa shape index (κ3) is 2.72. The lowest BCUT2D eigenvalue weighted by Gasteiger charge is -2.08. The highest BCUT2D eigenvalue weighted by atomic mass is 16.5. The number of hydrogen-bond donors (Lipinski definition) is 0. The maximum absolute atomic E-state index is 5.81. The number of methoxy groups -OCH3 is 1. The Hall–Kier alpha value is -2.55. The van der Waals surface area contributed by atoms with Crippen molar-refractivity contribution in [1.82, 2.24) is 4.98 Å². The van der Waals surface area contributed by atoms with Gasteiger partial charge in [-0.3, -0.25) is 4.98 Å². The summed E-state index contributed by atoms with van der Waals surface area (Å²) < 4.78 is 11.0. The van der Waals surface area contributed by atoms with Crippen LogP contribution in [0.3, 0.4) is 0 Å². The monoisotopic (exact) mass is 265 g/mol. The van der Waals surface area contributed by atoms with Gasteiger partial charge >= 0.3 is 0 Å². The summed E-state index contributed by atoms with van der Waals surface area (Å²) in [6.07, 6.45) is 1.72. The molecule has 0 fully saturated rings. The fraction of sp³-hybridized carbons (Fsp3) is 0.118. The molecular weight excluding hydrogens is 250 g/mol. The van der Waals surface area contributed by atoms with Crippen LogP contribution in [-0.2, 0) is 6.61 Å². The van der Waals surface area contributed by atoms with Gasteiger partial charge in [-0.05, 0) is 29.8 Å². The van der Waals surface area contributed by atoms with Crippen LogP contribution in [0.15, 0.2) is 60.8 Å². The molecule has 0 aliphatic rings. The molecule has 0 aliphatic heterocycles. The zero-order valence-corrected chi connectivity index (χ0v) is 11.2. The second-order valence-electron chi connectivity index (χ2n) is 4.50. The second kappa shape index (κ2) is 5.61. The number of hydrogen-bond acceptors (Lipinski definition) is 3. The Bertz CT molecular complexity index is 711. The highest BCUT2D eigenvalue weighted by molar-refractivity contribution is 5.81. The lowest BCUT2D eigenvalue weighted by Crippen LogP contribution is -1.95. The fourth-order valence-corrected chi connectivity index (χ4v) is 2.03. The van der Waals surface area contributed by atoms with Crippen LogP contribution in [0.2, 0.25) is 0 Å². The number of ether oxygens (including phenoxy) is 2. The lowest BCUT2D eigenvalue weighted by molar-refractivity contribution is 0.306. The molecule has 100 valence electrons. The summed E-state index contributed by atoms with van der Waals surface area (Å²) in [6, 6.07) is 17.9. The normalized spacial score (nSPS) is 10.4. The molecule has 0 atom stereocenters. The van der Waals surface area contributed by atoms with Gasteiger partial charge < -0.3 is 9.47 Å². The van der Waals surface area contributed by atoms with E-state index in [-0.39, 0.29) is 0 Å². The number of fused-ring (bicyclic) bond motifs is 1. The van der Waals surface area contributed by atoms with Crippen molar-refractivity contribution in [1.29, 1.82) is 0 Å². The van der Waals surface area contributed by atoms with Crippen LogP contribution in [0.4, 0.5) is 0 Å². The standard InChI is InChI=1S/C17H15NO2/c1-19-16-10-14-9-15(7-8-17(14)18-11-16)20-12-13-5-3-2-4-6-13/h2-11H,12H2,1H3. The van der Waals surface area contributed by atoms with Crippen LogP contribution in [0.5, 0.6) is 11.5 Å². The van der Waals surface area contributed by atoms with Crippen LogP contribution in [0.1, 0.15) is 5.56 Å². The Labute approximate surface area is 117 Å². The summed E-state index contributed by atoms with van der Waals surface area (Å²) in [5.41, 5.74) is 2.08. The van der Waals surface area contributed by atoms with Crippen LogP contribution >= 0.6 is 0 Å². The average molecular weight is 265 g/mol. The van der Waals surface area contributed by atoms with Crippen molar-refractivity contribution in [3.05, 3.63) is 66.4 Å². The van der Waals surface area contributed by atoms with Crippen molar-refractivity contribution < 1.29 is 9.47 Å². The minimum Gasteiger partial charge on any atom is -0.495 e. The van der Waals surface area contributed by atoms with Gasteiger partial charge in [0.2, 0.25) is 0 Å². The van der Waals surface area contributed by atoms with Crippen molar-refractivity contribution in [2.75, 3.05) is 7.11 Å². The fourth-order valence-electron chi connectivity index (χ4n) is 2.03. The first kappa shape index (κ1) is 12.5. The predicted molar refractivity (Wildman–Crippen MR) is 79.1 cm³/mol. The van der Waals surface area contributed by atoms with Gasteiger partial charge in [0.1, 0.15) is 18.1 Å². The highest BCUT2D eigenvalue weighted by Crippen LogP contribution is 2.23. The summed E-state index contributed by atoms with van der Waals surface area (Å²) in [7, 11) is 1.64. The molecular formula is C17H15NO2. The van der Waals surface area contributed by atoms with Crippen molar-refractivity contribution in [2.45, 2.75) is 6.61 Å². The molecule has 2 aromatic carbocycles. The first-order valence-electron chi connectivity index (χ1n) is 6.46. The van der Waals surface area contributed by atoms with E-state index < -0.39 is 0 Å². The van der Waals surface area contributed by atoms with Crippen LogP contribution in [-0.4, -0.2) is 12.1 Å². The van der Waals surface area contributed by atoms with E-state index in [9.17, 15) is 0 Å². The van der Waals surface area contributed by atoms with Crippen LogP contribution < -0.4 is 9.47 Å². The van der Waals surface area contributed by atoms with Gasteiger partial charge in [-0.15, -0.1) is 0 Å². The molecule has 3 nitrogen and oxygen atoms in total. The van der Waals surface area contributed by atoms with Crippen molar-refractivity contribution in [2.24, 2.45) is 0 Å². The molecule has 0 saturated heterocycles. The molecule has 1 aromatic heterocycles. The average Bonchev–Trinajstić information content (AvgIpc) is 2.53. The molecule has 0 aliphatic carbocycles. The molecule has 3 aromatic rings. The van der Waals surface area contributed by atoms with Gasteiger partial charge in [-0.2, -0.15) is 0 Å². The van der Waals surface area contributed by atoms with Gasteiger partial charge in [0, 0.05) is 5.39 Å². The Morgan fingerprint density at radius 3 is 2.55 bits per heavy atom. The van der Waals surface area contributed by atoms with E-state index >= 15 is 0 Å². The smallest absolute Gasteiger partial charge is 0.137 e. The van der Waals surface area contributed by atoms with E-state index in [2.05, 4.69) is 4.98 Å². The van der Waals surface area contributed by atoms with E-state index in [0.717, 1.165) is 28.0 Å². The van der Waals surface area contributed by atoms with Crippen LogP contribution in [0, 0.1) is 0 Å². The first-order chi connectivity index (χ1) is 9.85. The maximum Gasteiger partial charge on any atom is 0.137 e. The van der Waals surface area contributed by atoms with Gasteiger partial charge in [0.05, 0.1) is 18.8 Å². The summed E-state index contributed by atoms with van der Waals surface area (Å²) in [5.74, 6) is 1.58. The van der Waals surface area contributed by atoms with Gasteiger partial charge in [0.25, 0.3) is 0 Å². The molecule has 0 N–H and O–H groups in total. The Morgan fingerprint density at radius 1 is 0.950 bits per heavy atom. The van der Waals surface area contributed by atoms with Crippen molar-refractivity contribution in [3.63, 3.8) is 0 Å². The van der Waals surface area contributed by atoms with E-state index in [4.69, 9.17) is 9.47 Å². The van der Waals surface area contributed by atoms with E-state index in [1.807, 2.05) is 54.6 Å². The quantitative estimate of drug-likeness (QED) is 0.718. The predicted octanol–water partition coefficient (Wildman–Crippen LogP) is 3.82. The lowest BCUT2D eigenvalue weighted by atomic mass is 10.2. The van der Waals surface area contributed by atoms with Crippen molar-refractivity contribution >= 4 is 10.9 Å². The van der Waals surface area contributed by atoms with E-state index in [1.165, 1.54) is 0 Å². The highest BCUT2D eigenvalue weighted by Gasteiger charge is 2.01. The zero-order valence-electron chi connectivity index (χ0n) is 11.2. The molecule has 20 heavy (non-hydrogen) atoms. The maximum atomic E-state index is 5.81. The summed E-state index contributed by atoms with van der Waals surface area (Å²) in [6.45, 7) is 0.559. The SMILES string of the molecule is COc1cnc2ccc(OCc3ccccc3)cc2c1. The minimum atomic E-state index is 0.559. The minimum absolute atomic E-state index is 0.559. The third-order valence-corrected chi connectivity index (χ3v) is 3.11. The second-order valence-corrected chi connectivity index (χ2v) is 4.50. The Morgan fingerprint density at radius 2 is 1.75 bits per heavy atom. The van der Waals surface area contributed by atoms with Crippen molar-refractivity contribution in [3.8, 4) is 11.5 Å². The largest absolute Gasteiger partial charge is 0.495 e. The molecule has 0 unspecified atom stereocenters.